The van der Waals surface area contributed by atoms with Gasteiger partial charge in [0.1, 0.15) is 0 Å². The maximum absolute atomic E-state index is 4.93. The first kappa shape index (κ1) is 20.8. The highest BCUT2D eigenvalue weighted by atomic mass is 15.2. The number of aliphatic imine (C=N–C) groups is 1. The summed E-state index contributed by atoms with van der Waals surface area (Å²) in [4.78, 5) is 7.49. The smallest absolute Gasteiger partial charge is 0.191 e. The molecule has 1 aliphatic rings. The van der Waals surface area contributed by atoms with Gasteiger partial charge in [-0.1, -0.05) is 38.1 Å². The van der Waals surface area contributed by atoms with E-state index in [4.69, 9.17) is 4.99 Å². The molecule has 4 heteroatoms. The second kappa shape index (κ2) is 9.40. The molecule has 0 spiro atoms. The van der Waals surface area contributed by atoms with Gasteiger partial charge in [0.15, 0.2) is 5.96 Å². The predicted octanol–water partition coefficient (Wildman–Crippen LogP) is 3.70. The van der Waals surface area contributed by atoms with Crippen molar-refractivity contribution >= 4 is 5.96 Å². The van der Waals surface area contributed by atoms with Gasteiger partial charge in [-0.3, -0.25) is 4.99 Å². The normalized spacial score (nSPS) is 17.6. The molecule has 1 aliphatic heterocycles. The maximum atomic E-state index is 4.93. The number of guanidine groups is 1. The van der Waals surface area contributed by atoms with Crippen molar-refractivity contribution in [2.75, 3.05) is 26.2 Å². The van der Waals surface area contributed by atoms with Gasteiger partial charge in [0.05, 0.1) is 6.54 Å². The quantitative estimate of drug-likeness (QED) is 0.602. The van der Waals surface area contributed by atoms with Gasteiger partial charge in [-0.05, 0) is 51.7 Å². The topological polar surface area (TPSA) is 39.7 Å². The molecule has 1 aromatic carbocycles. The average molecular weight is 359 g/mol. The van der Waals surface area contributed by atoms with Gasteiger partial charge < -0.3 is 15.5 Å². The van der Waals surface area contributed by atoms with Crippen LogP contribution < -0.4 is 10.6 Å². The largest absolute Gasteiger partial charge is 0.357 e. The molecule has 1 heterocycles. The van der Waals surface area contributed by atoms with Gasteiger partial charge in [-0.25, -0.2) is 0 Å². The Morgan fingerprint density at radius 3 is 2.46 bits per heavy atom. The van der Waals surface area contributed by atoms with Gasteiger partial charge in [0.25, 0.3) is 0 Å². The monoisotopic (exact) mass is 358 g/mol. The van der Waals surface area contributed by atoms with E-state index < -0.39 is 0 Å². The van der Waals surface area contributed by atoms with Crippen LogP contribution in [0.5, 0.6) is 0 Å². The zero-order chi connectivity index (χ0) is 19.2. The Balaban J connectivity index is 1.99. The molecule has 26 heavy (non-hydrogen) atoms. The number of piperidine rings is 1. The number of benzene rings is 1. The fourth-order valence-electron chi connectivity index (χ4n) is 3.77. The number of nitrogens with zero attached hydrogens (tertiary/aromatic N) is 2. The molecule has 0 saturated carbocycles. The van der Waals surface area contributed by atoms with Crippen LogP contribution in [0.3, 0.4) is 0 Å². The number of hydrogen-bond acceptors (Lipinski definition) is 2. The molecule has 2 N–H and O–H groups in total. The van der Waals surface area contributed by atoms with Gasteiger partial charge in [0, 0.05) is 37.1 Å². The Bertz CT molecular complexity index is 584. The lowest BCUT2D eigenvalue weighted by molar-refractivity contribution is 0.167. The van der Waals surface area contributed by atoms with E-state index in [1.165, 1.54) is 37.1 Å². The van der Waals surface area contributed by atoms with Crippen LogP contribution in [0.1, 0.15) is 58.6 Å². The van der Waals surface area contributed by atoms with Crippen molar-refractivity contribution in [3.63, 3.8) is 0 Å². The van der Waals surface area contributed by atoms with E-state index in [2.05, 4.69) is 81.3 Å². The Morgan fingerprint density at radius 2 is 1.88 bits per heavy atom. The molecule has 1 aromatic rings. The second-order valence-corrected chi connectivity index (χ2v) is 8.44. The summed E-state index contributed by atoms with van der Waals surface area (Å²) in [5.41, 5.74) is 2.74. The molecular formula is C22H38N4. The standard InChI is InChI=1S/C22H38N4/c1-7-23-21(25-19-12-14-26(15-13-19)17(2)3)24-16-22(5,6)20-11-9-8-10-18(20)4/h8-11,17,19H,7,12-16H2,1-6H3,(H2,23,24,25). The van der Waals surface area contributed by atoms with Gasteiger partial charge in [0.2, 0.25) is 0 Å². The zero-order valence-corrected chi connectivity index (χ0v) is 17.6. The highest BCUT2D eigenvalue weighted by Gasteiger charge is 2.24. The van der Waals surface area contributed by atoms with E-state index in [1.54, 1.807) is 0 Å². The van der Waals surface area contributed by atoms with Crippen LogP contribution >= 0.6 is 0 Å². The molecule has 0 bridgehead atoms. The summed E-state index contributed by atoms with van der Waals surface area (Å²) in [5, 5.41) is 7.10. The Labute approximate surface area is 160 Å². The van der Waals surface area contributed by atoms with E-state index in [9.17, 15) is 0 Å². The molecule has 0 atom stereocenters. The van der Waals surface area contributed by atoms with Crippen molar-refractivity contribution < 1.29 is 0 Å². The van der Waals surface area contributed by atoms with Gasteiger partial charge in [-0.2, -0.15) is 0 Å². The van der Waals surface area contributed by atoms with Crippen molar-refractivity contribution in [2.45, 2.75) is 71.9 Å². The highest BCUT2D eigenvalue weighted by molar-refractivity contribution is 5.80. The van der Waals surface area contributed by atoms with Crippen LogP contribution in [-0.4, -0.2) is 49.1 Å². The number of nitrogens with one attached hydrogen (secondary N) is 2. The molecule has 0 radical (unpaired) electrons. The van der Waals surface area contributed by atoms with Gasteiger partial charge in [-0.15, -0.1) is 0 Å². The number of aryl methyl sites for hydroxylation is 1. The molecule has 146 valence electrons. The van der Waals surface area contributed by atoms with E-state index in [-0.39, 0.29) is 5.41 Å². The molecule has 2 rings (SSSR count). The van der Waals surface area contributed by atoms with Crippen molar-refractivity contribution in [3.8, 4) is 0 Å². The minimum absolute atomic E-state index is 0.0225. The summed E-state index contributed by atoms with van der Waals surface area (Å²) in [6.45, 7) is 17.5. The lowest BCUT2D eigenvalue weighted by Crippen LogP contribution is -2.50. The SMILES string of the molecule is CCNC(=NCC(C)(C)c1ccccc1C)NC1CCN(C(C)C)CC1. The molecule has 1 fully saturated rings. The minimum Gasteiger partial charge on any atom is -0.357 e. The van der Waals surface area contributed by atoms with Crippen LogP contribution in [0.15, 0.2) is 29.3 Å². The van der Waals surface area contributed by atoms with Crippen LogP contribution in [0.25, 0.3) is 0 Å². The third kappa shape index (κ3) is 5.73. The van der Waals surface area contributed by atoms with Crippen LogP contribution in [0.4, 0.5) is 0 Å². The third-order valence-electron chi connectivity index (χ3n) is 5.45. The van der Waals surface area contributed by atoms with E-state index in [0.717, 1.165) is 19.0 Å². The summed E-state index contributed by atoms with van der Waals surface area (Å²) >= 11 is 0. The molecular weight excluding hydrogens is 320 g/mol. The molecule has 0 unspecified atom stereocenters. The molecule has 0 aromatic heterocycles. The highest BCUT2D eigenvalue weighted by Crippen LogP contribution is 2.26. The number of rotatable bonds is 6. The molecule has 1 saturated heterocycles. The molecule has 4 nitrogen and oxygen atoms in total. The lowest BCUT2D eigenvalue weighted by Gasteiger charge is -2.35. The predicted molar refractivity (Wildman–Crippen MR) is 113 cm³/mol. The lowest BCUT2D eigenvalue weighted by atomic mass is 9.82. The maximum Gasteiger partial charge on any atom is 0.191 e. The minimum atomic E-state index is 0.0225. The fraction of sp³-hybridized carbons (Fsp3) is 0.682. The van der Waals surface area contributed by atoms with Crippen LogP contribution in [-0.2, 0) is 5.41 Å². The first-order valence-electron chi connectivity index (χ1n) is 10.2. The second-order valence-electron chi connectivity index (χ2n) is 8.44. The average Bonchev–Trinajstić information content (AvgIpc) is 2.60. The fourth-order valence-corrected chi connectivity index (χ4v) is 3.77. The number of likely N-dealkylation sites (tertiary alicyclic amines) is 1. The summed E-state index contributed by atoms with van der Waals surface area (Å²) < 4.78 is 0. The summed E-state index contributed by atoms with van der Waals surface area (Å²) in [6, 6.07) is 9.81. The van der Waals surface area contributed by atoms with E-state index in [0.29, 0.717) is 12.1 Å². The van der Waals surface area contributed by atoms with Crippen molar-refractivity contribution in [2.24, 2.45) is 4.99 Å². The first-order chi connectivity index (χ1) is 12.3. The zero-order valence-electron chi connectivity index (χ0n) is 17.6. The molecule has 0 aliphatic carbocycles. The van der Waals surface area contributed by atoms with Gasteiger partial charge >= 0.3 is 0 Å². The van der Waals surface area contributed by atoms with Crippen LogP contribution in [0.2, 0.25) is 0 Å². The number of hydrogen-bond donors (Lipinski definition) is 2. The van der Waals surface area contributed by atoms with E-state index in [1.807, 2.05) is 0 Å². The Kier molecular flexibility index (Phi) is 7.51. The molecule has 0 amide bonds. The van der Waals surface area contributed by atoms with E-state index >= 15 is 0 Å². The van der Waals surface area contributed by atoms with Crippen molar-refractivity contribution in [1.82, 2.24) is 15.5 Å². The summed E-state index contributed by atoms with van der Waals surface area (Å²) in [6.07, 6.45) is 2.37. The Morgan fingerprint density at radius 1 is 1.23 bits per heavy atom. The first-order valence-corrected chi connectivity index (χ1v) is 10.2. The summed E-state index contributed by atoms with van der Waals surface area (Å²) in [5.74, 6) is 0.956. The van der Waals surface area contributed by atoms with Crippen molar-refractivity contribution in [3.05, 3.63) is 35.4 Å². The summed E-state index contributed by atoms with van der Waals surface area (Å²) in [7, 11) is 0. The van der Waals surface area contributed by atoms with Crippen LogP contribution in [0, 0.1) is 6.92 Å². The van der Waals surface area contributed by atoms with Crippen molar-refractivity contribution in [1.29, 1.82) is 0 Å². The third-order valence-corrected chi connectivity index (χ3v) is 5.45. The Hall–Kier alpha value is -1.55.